The van der Waals surface area contributed by atoms with Crippen LogP contribution in [0, 0.1) is 18.7 Å². The van der Waals surface area contributed by atoms with Crippen LogP contribution in [0.25, 0.3) is 11.4 Å². The average molecular weight is 486 g/mol. The van der Waals surface area contributed by atoms with Crippen molar-refractivity contribution in [3.63, 3.8) is 0 Å². The molecule has 3 aromatic heterocycles. The lowest BCUT2D eigenvalue weighted by molar-refractivity contribution is -0.137. The number of nitrogens with zero attached hydrogens (tertiary/aromatic N) is 4. The maximum absolute atomic E-state index is 14.5. The zero-order valence-electron chi connectivity index (χ0n) is 18.8. The van der Waals surface area contributed by atoms with Gasteiger partial charge in [-0.2, -0.15) is 13.2 Å². The number of carbonyl (C=O) groups is 1. The number of hydrogen-bond donors (Lipinski definition) is 0. The Hall–Kier alpha value is -3.56. The Bertz CT molecular complexity index is 1250. The molecule has 3 atom stereocenters. The van der Waals surface area contributed by atoms with E-state index in [-0.39, 0.29) is 40.7 Å². The zero-order valence-corrected chi connectivity index (χ0v) is 18.8. The summed E-state index contributed by atoms with van der Waals surface area (Å²) in [6.07, 6.45) is -0.428. The van der Waals surface area contributed by atoms with Crippen molar-refractivity contribution < 1.29 is 27.1 Å². The molecule has 0 radical (unpaired) electrons. The Morgan fingerprint density at radius 2 is 1.91 bits per heavy atom. The molecule has 3 fully saturated rings. The van der Waals surface area contributed by atoms with Crippen molar-refractivity contribution in [2.24, 2.45) is 5.92 Å². The summed E-state index contributed by atoms with van der Waals surface area (Å²) in [5, 5.41) is 0. The minimum absolute atomic E-state index is 0.00322. The number of halogens is 4. The number of fused-ring (bicyclic) bond motifs is 3. The number of aryl methyl sites for hydroxylation is 1. The fourth-order valence-electron chi connectivity index (χ4n) is 4.89. The van der Waals surface area contributed by atoms with E-state index in [4.69, 9.17) is 4.74 Å². The molecule has 10 heteroatoms. The van der Waals surface area contributed by atoms with Crippen molar-refractivity contribution in [1.82, 2.24) is 19.9 Å². The molecule has 6 nitrogen and oxygen atoms in total. The lowest BCUT2D eigenvalue weighted by Crippen LogP contribution is -2.59. The van der Waals surface area contributed by atoms with E-state index < -0.39 is 23.7 Å². The quantitative estimate of drug-likeness (QED) is 0.482. The molecule has 0 spiro atoms. The van der Waals surface area contributed by atoms with Crippen LogP contribution in [-0.2, 0) is 6.18 Å². The first-order valence-corrected chi connectivity index (χ1v) is 11.3. The predicted molar refractivity (Wildman–Crippen MR) is 118 cm³/mol. The maximum atomic E-state index is 14.5. The highest BCUT2D eigenvalue weighted by Crippen LogP contribution is 2.39. The molecule has 0 aromatic carbocycles. The highest BCUT2D eigenvalue weighted by atomic mass is 19.4. The van der Waals surface area contributed by atoms with E-state index in [2.05, 4.69) is 15.0 Å². The second kappa shape index (κ2) is 8.90. The molecule has 35 heavy (non-hydrogen) atoms. The van der Waals surface area contributed by atoms with Crippen molar-refractivity contribution in [3.8, 4) is 17.3 Å². The van der Waals surface area contributed by atoms with E-state index in [0.717, 1.165) is 18.7 Å². The van der Waals surface area contributed by atoms with Crippen LogP contribution in [-0.4, -0.2) is 44.4 Å². The summed E-state index contributed by atoms with van der Waals surface area (Å²) in [6, 6.07) is 7.89. The summed E-state index contributed by atoms with van der Waals surface area (Å²) in [4.78, 5) is 27.7. The fraction of sp³-hybridized carbons (Fsp3) is 0.360. The number of ether oxygens (including phenoxy) is 1. The number of hydrogen-bond acceptors (Lipinski definition) is 5. The third kappa shape index (κ3) is 4.56. The highest BCUT2D eigenvalue weighted by Gasteiger charge is 2.45. The van der Waals surface area contributed by atoms with Gasteiger partial charge in [0, 0.05) is 30.7 Å². The topological polar surface area (TPSA) is 68.2 Å². The van der Waals surface area contributed by atoms with Gasteiger partial charge in [0.2, 0.25) is 5.88 Å². The Balaban J connectivity index is 1.41. The van der Waals surface area contributed by atoms with Gasteiger partial charge in [0.15, 0.2) is 5.82 Å². The molecule has 1 saturated carbocycles. The first-order chi connectivity index (χ1) is 16.7. The minimum atomic E-state index is -4.48. The third-order valence-corrected chi connectivity index (χ3v) is 6.57. The molecule has 2 aliphatic heterocycles. The summed E-state index contributed by atoms with van der Waals surface area (Å²) >= 11 is 0. The minimum Gasteiger partial charge on any atom is -0.472 e. The molecule has 0 N–H and O–H groups in total. The van der Waals surface area contributed by atoms with Crippen molar-refractivity contribution in [1.29, 1.82) is 0 Å². The van der Waals surface area contributed by atoms with Gasteiger partial charge in [-0.05, 0) is 62.4 Å². The molecular formula is C25H22F4N4O2. The normalized spacial score (nSPS) is 21.7. The van der Waals surface area contributed by atoms with Gasteiger partial charge < -0.3 is 9.64 Å². The molecule has 6 rings (SSSR count). The van der Waals surface area contributed by atoms with Gasteiger partial charge in [-0.1, -0.05) is 0 Å². The number of rotatable bonds is 4. The summed E-state index contributed by atoms with van der Waals surface area (Å²) in [7, 11) is 0. The smallest absolute Gasteiger partial charge is 0.417 e. The summed E-state index contributed by atoms with van der Waals surface area (Å²) in [5.41, 5.74) is 0.191. The fourth-order valence-corrected chi connectivity index (χ4v) is 4.89. The van der Waals surface area contributed by atoms with Crippen LogP contribution < -0.4 is 4.74 Å². The highest BCUT2D eigenvalue weighted by molar-refractivity contribution is 6.00. The monoisotopic (exact) mass is 486 g/mol. The van der Waals surface area contributed by atoms with Crippen LogP contribution in [0.4, 0.5) is 17.6 Å². The van der Waals surface area contributed by atoms with Crippen LogP contribution in [0.15, 0.2) is 48.8 Å². The van der Waals surface area contributed by atoms with E-state index in [1.165, 1.54) is 24.4 Å². The van der Waals surface area contributed by atoms with Crippen LogP contribution in [0.1, 0.15) is 40.9 Å². The molecule has 2 saturated heterocycles. The summed E-state index contributed by atoms with van der Waals surface area (Å²) in [6.45, 7) is 2.27. The molecule has 1 unspecified atom stereocenters. The standard InChI is InChI=1S/C25H22F4N4O2/c1-14-4-7-17(22(32-14)23-18(26)3-2-10-30-23)24(34)33-13-15-5-8-19(33)20(11-15)35-21-9-6-16(12-31-21)25(27,28)29/h2-4,6-7,9-10,12,15,19-20H,5,8,11,13H2,1H3/t15?,19-,20+/m0/s1. The average Bonchev–Trinajstić information content (AvgIpc) is 2.84. The van der Waals surface area contributed by atoms with E-state index in [1.54, 1.807) is 24.0 Å². The van der Waals surface area contributed by atoms with Gasteiger partial charge in [-0.15, -0.1) is 0 Å². The van der Waals surface area contributed by atoms with Crippen molar-refractivity contribution in [2.75, 3.05) is 6.54 Å². The predicted octanol–water partition coefficient (Wildman–Crippen LogP) is 5.08. The molecule has 182 valence electrons. The van der Waals surface area contributed by atoms with Crippen LogP contribution in [0.2, 0.25) is 0 Å². The van der Waals surface area contributed by atoms with Crippen molar-refractivity contribution in [2.45, 2.75) is 44.5 Å². The number of pyridine rings is 3. The number of carbonyl (C=O) groups excluding carboxylic acids is 1. The van der Waals surface area contributed by atoms with Crippen molar-refractivity contribution >= 4 is 5.91 Å². The molecule has 1 aliphatic carbocycles. The largest absolute Gasteiger partial charge is 0.472 e. The Labute approximate surface area is 199 Å². The molecule has 3 aliphatic rings. The maximum Gasteiger partial charge on any atom is 0.417 e. The first-order valence-electron chi connectivity index (χ1n) is 11.3. The number of aromatic nitrogens is 3. The van der Waals surface area contributed by atoms with Gasteiger partial charge in [0.25, 0.3) is 5.91 Å². The Morgan fingerprint density at radius 3 is 2.60 bits per heavy atom. The number of amides is 1. The van der Waals surface area contributed by atoms with Crippen LogP contribution >= 0.6 is 0 Å². The SMILES string of the molecule is Cc1ccc(C(=O)N2CC3CC[C@H]2[C@H](Oc2ccc(C(F)(F)F)cn2)C3)c(-c2ncccc2F)n1. The van der Waals surface area contributed by atoms with E-state index in [9.17, 15) is 22.4 Å². The molecule has 5 heterocycles. The Kier molecular flexibility index (Phi) is 5.90. The van der Waals surface area contributed by atoms with Gasteiger partial charge in [0.1, 0.15) is 17.5 Å². The molecule has 2 bridgehead atoms. The van der Waals surface area contributed by atoms with Gasteiger partial charge >= 0.3 is 6.18 Å². The molecular weight excluding hydrogens is 464 g/mol. The second-order valence-corrected chi connectivity index (χ2v) is 8.93. The van der Waals surface area contributed by atoms with E-state index >= 15 is 0 Å². The van der Waals surface area contributed by atoms with Crippen LogP contribution in [0.5, 0.6) is 5.88 Å². The molecule has 3 aromatic rings. The Morgan fingerprint density at radius 1 is 1.09 bits per heavy atom. The molecule has 1 amide bonds. The zero-order chi connectivity index (χ0) is 24.7. The van der Waals surface area contributed by atoms with Crippen molar-refractivity contribution in [3.05, 3.63) is 71.4 Å². The lowest BCUT2D eigenvalue weighted by Gasteiger charge is -2.49. The summed E-state index contributed by atoms with van der Waals surface area (Å²) < 4.78 is 59.0. The van der Waals surface area contributed by atoms with Crippen LogP contribution in [0.3, 0.4) is 0 Å². The number of piperidine rings is 2. The number of alkyl halides is 3. The second-order valence-electron chi connectivity index (χ2n) is 8.93. The van der Waals surface area contributed by atoms with E-state index in [1.807, 2.05) is 0 Å². The summed E-state index contributed by atoms with van der Waals surface area (Å²) in [5.74, 6) is -0.622. The van der Waals surface area contributed by atoms with Gasteiger partial charge in [-0.25, -0.2) is 9.37 Å². The van der Waals surface area contributed by atoms with Gasteiger partial charge in [0.05, 0.1) is 17.2 Å². The first kappa shape index (κ1) is 23.2. The third-order valence-electron chi connectivity index (χ3n) is 6.57. The van der Waals surface area contributed by atoms with Gasteiger partial charge in [-0.3, -0.25) is 14.8 Å². The van der Waals surface area contributed by atoms with E-state index in [0.29, 0.717) is 25.1 Å². The lowest BCUT2D eigenvalue weighted by atomic mass is 9.77.